The van der Waals surface area contributed by atoms with Crippen molar-refractivity contribution in [3.63, 3.8) is 0 Å². The monoisotopic (exact) mass is 459 g/mol. The van der Waals surface area contributed by atoms with Crippen LogP contribution in [0.1, 0.15) is 0 Å². The lowest BCUT2D eigenvalue weighted by atomic mass is 9.98. The molecule has 0 spiro atoms. The van der Waals surface area contributed by atoms with Gasteiger partial charge in [-0.15, -0.1) is 0 Å². The summed E-state index contributed by atoms with van der Waals surface area (Å²) < 4.78 is 21.9. The molecule has 174 valence electrons. The summed E-state index contributed by atoms with van der Waals surface area (Å²) in [6, 6.07) is 19.0. The lowest BCUT2D eigenvalue weighted by Gasteiger charge is -2.15. The van der Waals surface area contributed by atoms with Crippen LogP contribution in [0.25, 0.3) is 33.6 Å². The van der Waals surface area contributed by atoms with Crippen molar-refractivity contribution in [3.05, 3.63) is 66.7 Å². The van der Waals surface area contributed by atoms with Crippen LogP contribution in [0.2, 0.25) is 0 Å². The number of phenols is 2. The number of rotatable bonds is 7. The van der Waals surface area contributed by atoms with Crippen LogP contribution in [0.3, 0.4) is 0 Å². The van der Waals surface area contributed by atoms with Gasteiger partial charge >= 0.3 is 0 Å². The van der Waals surface area contributed by atoms with E-state index in [1.54, 1.807) is 40.6 Å². The van der Waals surface area contributed by atoms with E-state index in [0.717, 1.165) is 11.1 Å². The first-order valence-electron chi connectivity index (χ1n) is 10.5. The fourth-order valence-electron chi connectivity index (χ4n) is 3.74. The van der Waals surface area contributed by atoms with Crippen molar-refractivity contribution in [1.82, 2.24) is 4.98 Å². The molecule has 7 heteroatoms. The van der Waals surface area contributed by atoms with Crippen LogP contribution in [0.15, 0.2) is 66.7 Å². The number of benzene rings is 3. The number of aromatic hydroxyl groups is 2. The van der Waals surface area contributed by atoms with Crippen molar-refractivity contribution in [3.8, 4) is 68.1 Å². The Bertz CT molecular complexity index is 1260. The summed E-state index contributed by atoms with van der Waals surface area (Å²) in [5, 5.41) is 20.6. The van der Waals surface area contributed by atoms with Crippen molar-refractivity contribution in [2.45, 2.75) is 0 Å². The molecule has 0 aliphatic heterocycles. The molecule has 0 saturated heterocycles. The molecule has 1 aromatic heterocycles. The van der Waals surface area contributed by atoms with Gasteiger partial charge in [-0.05, 0) is 60.2 Å². The average Bonchev–Trinajstić information content (AvgIpc) is 2.88. The average molecular weight is 459 g/mol. The summed E-state index contributed by atoms with van der Waals surface area (Å²) in [5.41, 5.74) is 3.80. The third-order valence-corrected chi connectivity index (χ3v) is 5.49. The maximum atomic E-state index is 10.5. The summed E-state index contributed by atoms with van der Waals surface area (Å²) in [6.07, 6.45) is 0. The molecule has 0 aliphatic carbocycles. The molecule has 0 atom stereocenters. The molecule has 7 nitrogen and oxygen atoms in total. The predicted octanol–water partition coefficient (Wildman–Crippen LogP) is 5.53. The standard InChI is InChI=1S/C27H25NO6/c1-31-18-6-8-20(26(14-18)33-3)23-11-16(22-13-17(29)5-10-25(22)30)12-24(28-23)21-9-7-19(32-2)15-27(21)34-4/h5-15,29-30H,1-4H3. The van der Waals surface area contributed by atoms with Gasteiger partial charge in [0.25, 0.3) is 0 Å². The molecule has 0 saturated carbocycles. The molecule has 0 fully saturated rings. The van der Waals surface area contributed by atoms with Crippen LogP contribution in [0, 0.1) is 0 Å². The van der Waals surface area contributed by atoms with Gasteiger partial charge in [0.2, 0.25) is 0 Å². The Hall–Kier alpha value is -4.39. The fraction of sp³-hybridized carbons (Fsp3) is 0.148. The van der Waals surface area contributed by atoms with Crippen molar-refractivity contribution in [2.75, 3.05) is 28.4 Å². The minimum absolute atomic E-state index is 0.0318. The highest BCUT2D eigenvalue weighted by Crippen LogP contribution is 2.41. The Morgan fingerprint density at radius 3 is 1.56 bits per heavy atom. The van der Waals surface area contributed by atoms with Crippen LogP contribution in [0.4, 0.5) is 0 Å². The highest BCUT2D eigenvalue weighted by atomic mass is 16.5. The number of aromatic nitrogens is 1. The second-order valence-corrected chi connectivity index (χ2v) is 7.46. The number of phenolic OH excluding ortho intramolecular Hbond substituents is 2. The predicted molar refractivity (Wildman–Crippen MR) is 130 cm³/mol. The van der Waals surface area contributed by atoms with E-state index in [0.29, 0.717) is 45.5 Å². The van der Waals surface area contributed by atoms with Gasteiger partial charge in [0.1, 0.15) is 34.5 Å². The molecule has 4 aromatic rings. The SMILES string of the molecule is COc1ccc(-c2cc(-c3cc(O)ccc3O)cc(-c3ccc(OC)cc3OC)n2)c(OC)c1. The summed E-state index contributed by atoms with van der Waals surface area (Å²) in [4.78, 5) is 4.89. The highest BCUT2D eigenvalue weighted by Gasteiger charge is 2.17. The van der Waals surface area contributed by atoms with Crippen LogP contribution in [0.5, 0.6) is 34.5 Å². The lowest BCUT2D eigenvalue weighted by molar-refractivity contribution is 0.395. The summed E-state index contributed by atoms with van der Waals surface area (Å²) >= 11 is 0. The van der Waals surface area contributed by atoms with Crippen molar-refractivity contribution < 1.29 is 29.2 Å². The Morgan fingerprint density at radius 2 is 1.09 bits per heavy atom. The minimum atomic E-state index is 0.0318. The summed E-state index contributed by atoms with van der Waals surface area (Å²) in [7, 11) is 6.34. The molecular weight excluding hydrogens is 434 g/mol. The van der Waals surface area contributed by atoms with Gasteiger partial charge in [-0.1, -0.05) is 0 Å². The number of ether oxygens (including phenoxy) is 4. The molecule has 3 aromatic carbocycles. The van der Waals surface area contributed by atoms with E-state index in [-0.39, 0.29) is 11.5 Å². The second-order valence-electron chi connectivity index (χ2n) is 7.46. The molecule has 4 rings (SSSR count). The Morgan fingerprint density at radius 1 is 0.559 bits per heavy atom. The van der Waals surface area contributed by atoms with E-state index in [2.05, 4.69) is 0 Å². The van der Waals surface area contributed by atoms with Gasteiger partial charge in [0, 0.05) is 28.8 Å². The zero-order chi connectivity index (χ0) is 24.2. The van der Waals surface area contributed by atoms with Gasteiger partial charge in [-0.25, -0.2) is 4.98 Å². The minimum Gasteiger partial charge on any atom is -0.508 e. The van der Waals surface area contributed by atoms with E-state index in [1.807, 2.05) is 36.4 Å². The van der Waals surface area contributed by atoms with Gasteiger partial charge in [-0.2, -0.15) is 0 Å². The zero-order valence-electron chi connectivity index (χ0n) is 19.3. The largest absolute Gasteiger partial charge is 0.508 e. The lowest BCUT2D eigenvalue weighted by Crippen LogP contribution is -1.97. The molecule has 1 heterocycles. The fourth-order valence-corrected chi connectivity index (χ4v) is 3.74. The molecule has 0 unspecified atom stereocenters. The van der Waals surface area contributed by atoms with Crippen LogP contribution in [-0.2, 0) is 0 Å². The van der Waals surface area contributed by atoms with E-state index < -0.39 is 0 Å². The van der Waals surface area contributed by atoms with Gasteiger partial charge < -0.3 is 29.2 Å². The molecule has 0 bridgehead atoms. The number of nitrogens with zero attached hydrogens (tertiary/aromatic N) is 1. The Balaban J connectivity index is 1.99. The number of pyridine rings is 1. The van der Waals surface area contributed by atoms with Gasteiger partial charge in [0.05, 0.1) is 39.8 Å². The zero-order valence-corrected chi connectivity index (χ0v) is 19.3. The maximum absolute atomic E-state index is 10.5. The Labute approximate surface area is 197 Å². The third-order valence-electron chi connectivity index (χ3n) is 5.49. The number of hydrogen-bond donors (Lipinski definition) is 2. The van der Waals surface area contributed by atoms with E-state index >= 15 is 0 Å². The molecule has 0 amide bonds. The van der Waals surface area contributed by atoms with Crippen LogP contribution in [-0.4, -0.2) is 43.6 Å². The van der Waals surface area contributed by atoms with Crippen molar-refractivity contribution in [2.24, 2.45) is 0 Å². The van der Waals surface area contributed by atoms with Crippen molar-refractivity contribution >= 4 is 0 Å². The highest BCUT2D eigenvalue weighted by molar-refractivity contribution is 5.82. The van der Waals surface area contributed by atoms with Gasteiger partial charge in [0.15, 0.2) is 0 Å². The molecule has 0 aliphatic rings. The first kappa shape index (κ1) is 22.8. The second kappa shape index (κ2) is 9.62. The van der Waals surface area contributed by atoms with E-state index in [1.165, 1.54) is 18.2 Å². The maximum Gasteiger partial charge on any atom is 0.131 e. The molecule has 34 heavy (non-hydrogen) atoms. The topological polar surface area (TPSA) is 90.3 Å². The summed E-state index contributed by atoms with van der Waals surface area (Å²) in [6.45, 7) is 0. The number of methoxy groups -OCH3 is 4. The smallest absolute Gasteiger partial charge is 0.131 e. The molecule has 0 radical (unpaired) electrons. The molecular formula is C27H25NO6. The first-order chi connectivity index (χ1) is 16.5. The first-order valence-corrected chi connectivity index (χ1v) is 10.5. The molecule has 2 N–H and O–H groups in total. The third kappa shape index (κ3) is 4.41. The van der Waals surface area contributed by atoms with Crippen molar-refractivity contribution in [1.29, 1.82) is 0 Å². The number of hydrogen-bond acceptors (Lipinski definition) is 7. The van der Waals surface area contributed by atoms with Gasteiger partial charge in [-0.3, -0.25) is 0 Å². The normalized spacial score (nSPS) is 10.6. The Kier molecular flexibility index (Phi) is 6.45. The van der Waals surface area contributed by atoms with E-state index in [4.69, 9.17) is 23.9 Å². The van der Waals surface area contributed by atoms with E-state index in [9.17, 15) is 10.2 Å². The quantitative estimate of drug-likeness (QED) is 0.351. The van der Waals surface area contributed by atoms with Crippen LogP contribution < -0.4 is 18.9 Å². The van der Waals surface area contributed by atoms with Crippen LogP contribution >= 0.6 is 0 Å². The summed E-state index contributed by atoms with van der Waals surface area (Å²) in [5.74, 6) is 2.54.